The molecular weight excluding hydrogens is 795 g/mol. The highest BCUT2D eigenvalue weighted by Crippen LogP contribution is 2.17. The molecule has 0 heterocycles. The molecule has 0 fully saturated rings. The normalized spacial score (nSPS) is 13.1. The second-order valence-corrected chi connectivity index (χ2v) is 20.1. The van der Waals surface area contributed by atoms with E-state index in [2.05, 4.69) is 55.6 Å². The van der Waals surface area contributed by atoms with Crippen LogP contribution >= 0.6 is 0 Å². The molecule has 0 radical (unpaired) electrons. The molecule has 1 amide bonds. The smallest absolute Gasteiger partial charge is 0.220 e. The zero-order chi connectivity index (χ0) is 47.0. The zero-order valence-electron chi connectivity index (χ0n) is 44.0. The molecule has 65 heavy (non-hydrogen) atoms. The average Bonchev–Trinajstić information content (AvgIpc) is 3.31. The van der Waals surface area contributed by atoms with Crippen molar-refractivity contribution in [1.82, 2.24) is 5.32 Å². The zero-order valence-corrected chi connectivity index (χ0v) is 44.0. The van der Waals surface area contributed by atoms with E-state index < -0.39 is 12.1 Å². The molecule has 0 bridgehead atoms. The molecule has 0 rings (SSSR count). The highest BCUT2D eigenvalue weighted by Gasteiger charge is 2.18. The minimum Gasteiger partial charge on any atom is -0.394 e. The highest BCUT2D eigenvalue weighted by molar-refractivity contribution is 5.76. The number of carbonyl (C=O) groups is 1. The largest absolute Gasteiger partial charge is 0.394 e. The van der Waals surface area contributed by atoms with Crippen LogP contribution in [-0.4, -0.2) is 34.9 Å². The van der Waals surface area contributed by atoms with Gasteiger partial charge >= 0.3 is 0 Å². The van der Waals surface area contributed by atoms with Crippen molar-refractivity contribution in [2.24, 2.45) is 0 Å². The van der Waals surface area contributed by atoms with Gasteiger partial charge in [-0.15, -0.1) is 0 Å². The average molecular weight is 911 g/mol. The van der Waals surface area contributed by atoms with Crippen molar-refractivity contribution in [3.8, 4) is 0 Å². The van der Waals surface area contributed by atoms with Crippen LogP contribution in [0.15, 0.2) is 48.6 Å². The fourth-order valence-corrected chi connectivity index (χ4v) is 9.07. The molecular formula is C61H115NO3. The number of aliphatic hydroxyl groups is 2. The van der Waals surface area contributed by atoms with Gasteiger partial charge in [-0.3, -0.25) is 4.79 Å². The van der Waals surface area contributed by atoms with Gasteiger partial charge in [0.25, 0.3) is 0 Å². The molecule has 0 saturated carbocycles. The van der Waals surface area contributed by atoms with E-state index in [0.717, 1.165) is 38.5 Å². The molecule has 0 aromatic heterocycles. The molecule has 382 valence electrons. The van der Waals surface area contributed by atoms with Crippen molar-refractivity contribution < 1.29 is 15.0 Å². The number of hydrogen-bond acceptors (Lipinski definition) is 3. The lowest BCUT2D eigenvalue weighted by molar-refractivity contribution is -0.123. The topological polar surface area (TPSA) is 69.6 Å². The van der Waals surface area contributed by atoms with Crippen LogP contribution in [-0.2, 0) is 4.79 Å². The third-order valence-corrected chi connectivity index (χ3v) is 13.6. The summed E-state index contributed by atoms with van der Waals surface area (Å²) < 4.78 is 0. The Hall–Kier alpha value is -1.65. The Labute approximate surface area is 407 Å². The van der Waals surface area contributed by atoms with Gasteiger partial charge in [-0.2, -0.15) is 0 Å². The number of carbonyl (C=O) groups excluding carboxylic acids is 1. The summed E-state index contributed by atoms with van der Waals surface area (Å²) in [6, 6.07) is -0.622. The van der Waals surface area contributed by atoms with Gasteiger partial charge in [0.15, 0.2) is 0 Å². The Bertz CT molecular complexity index is 1030. The number of rotatable bonds is 54. The van der Waals surface area contributed by atoms with Crippen molar-refractivity contribution in [3.63, 3.8) is 0 Å². The van der Waals surface area contributed by atoms with Crippen LogP contribution in [0.4, 0.5) is 0 Å². The Balaban J connectivity index is 3.44. The van der Waals surface area contributed by atoms with Crippen LogP contribution in [0.3, 0.4) is 0 Å². The molecule has 3 N–H and O–H groups in total. The van der Waals surface area contributed by atoms with Crippen LogP contribution < -0.4 is 5.32 Å². The van der Waals surface area contributed by atoms with E-state index >= 15 is 0 Å². The van der Waals surface area contributed by atoms with Crippen LogP contribution in [0.1, 0.15) is 316 Å². The molecule has 0 aromatic rings. The number of hydrogen-bond donors (Lipinski definition) is 3. The summed E-state index contributed by atoms with van der Waals surface area (Å²) in [5.41, 5.74) is 0. The van der Waals surface area contributed by atoms with E-state index in [9.17, 15) is 15.0 Å². The fraction of sp³-hybridized carbons (Fsp3) is 0.852. The molecule has 2 unspecified atom stereocenters. The first-order chi connectivity index (χ1) is 32.2. The first-order valence-electron chi connectivity index (χ1n) is 29.4. The standard InChI is InChI=1S/C61H115NO3/c1-3-5-7-9-11-13-15-17-19-21-23-24-25-26-27-28-29-30-31-32-33-34-35-36-37-38-39-41-43-45-47-49-51-53-55-57-61(65)62-59(58-63)60(64)56-54-52-50-48-46-44-42-40-22-20-18-16-14-12-10-8-6-4-2/h15,17,21,23,25-26,54,56,59-60,63-64H,3-14,16,18-20,22,24,27-53,55,57-58H2,1-2H3,(H,62,65)/b17-15-,23-21-,26-25-,56-54+. The van der Waals surface area contributed by atoms with Crippen molar-refractivity contribution >= 4 is 5.91 Å². The summed E-state index contributed by atoms with van der Waals surface area (Å²) in [5, 5.41) is 23.2. The second-order valence-electron chi connectivity index (χ2n) is 20.1. The minimum absolute atomic E-state index is 0.0593. The predicted molar refractivity (Wildman–Crippen MR) is 290 cm³/mol. The maximum Gasteiger partial charge on any atom is 0.220 e. The first kappa shape index (κ1) is 63.4. The maximum atomic E-state index is 12.5. The second kappa shape index (κ2) is 56.7. The highest BCUT2D eigenvalue weighted by atomic mass is 16.3. The monoisotopic (exact) mass is 910 g/mol. The lowest BCUT2D eigenvalue weighted by Crippen LogP contribution is -2.45. The molecule has 0 aromatic carbocycles. The minimum atomic E-state index is -0.839. The summed E-state index contributed by atoms with van der Waals surface area (Å²) >= 11 is 0. The van der Waals surface area contributed by atoms with Crippen molar-refractivity contribution in [3.05, 3.63) is 48.6 Å². The van der Waals surface area contributed by atoms with Crippen LogP contribution in [0, 0.1) is 0 Å². The first-order valence-corrected chi connectivity index (χ1v) is 29.4. The van der Waals surface area contributed by atoms with E-state index in [0.29, 0.717) is 6.42 Å². The molecule has 0 aliphatic carbocycles. The third kappa shape index (κ3) is 53.2. The van der Waals surface area contributed by atoms with Gasteiger partial charge in [-0.1, -0.05) is 300 Å². The van der Waals surface area contributed by atoms with Gasteiger partial charge in [0.05, 0.1) is 18.8 Å². The van der Waals surface area contributed by atoms with Gasteiger partial charge in [-0.25, -0.2) is 0 Å². The van der Waals surface area contributed by atoms with Gasteiger partial charge in [0, 0.05) is 6.42 Å². The van der Waals surface area contributed by atoms with Gasteiger partial charge in [0.2, 0.25) is 5.91 Å². The van der Waals surface area contributed by atoms with E-state index in [1.165, 1.54) is 257 Å². The summed E-state index contributed by atoms with van der Waals surface area (Å²) in [4.78, 5) is 12.5. The molecule has 4 heteroatoms. The summed E-state index contributed by atoms with van der Waals surface area (Å²) in [6.45, 7) is 4.32. The van der Waals surface area contributed by atoms with Crippen LogP contribution in [0.2, 0.25) is 0 Å². The molecule has 0 saturated heterocycles. The number of amides is 1. The molecule has 2 atom stereocenters. The quantitative estimate of drug-likeness (QED) is 0.0421. The van der Waals surface area contributed by atoms with E-state index in [1.807, 2.05) is 6.08 Å². The number of aliphatic hydroxyl groups excluding tert-OH is 2. The molecule has 4 nitrogen and oxygen atoms in total. The van der Waals surface area contributed by atoms with Crippen LogP contribution in [0.25, 0.3) is 0 Å². The number of allylic oxidation sites excluding steroid dienone is 7. The Morgan fingerprint density at radius 2 is 0.631 bits per heavy atom. The summed E-state index contributed by atoms with van der Waals surface area (Å²) in [6.07, 6.45) is 78.5. The third-order valence-electron chi connectivity index (χ3n) is 13.6. The predicted octanol–water partition coefficient (Wildman–Crippen LogP) is 19.4. The SMILES string of the molecule is CCCCCCC/C=C\C/C=C\C/C=C\CCCCCCCCCCCCCCCCCCCCCCC(=O)NC(CO)C(O)/C=C/CCCCCCCCCCCCCCCCCC. The Morgan fingerprint density at radius 3 is 0.938 bits per heavy atom. The lowest BCUT2D eigenvalue weighted by atomic mass is 10.0. The Kier molecular flexibility index (Phi) is 55.2. The lowest BCUT2D eigenvalue weighted by Gasteiger charge is -2.20. The molecule has 0 spiro atoms. The summed E-state index contributed by atoms with van der Waals surface area (Å²) in [7, 11) is 0. The van der Waals surface area contributed by atoms with E-state index in [-0.39, 0.29) is 12.5 Å². The number of unbranched alkanes of at least 4 members (excludes halogenated alkanes) is 41. The fourth-order valence-electron chi connectivity index (χ4n) is 9.07. The van der Waals surface area contributed by atoms with Gasteiger partial charge in [-0.05, 0) is 57.8 Å². The Morgan fingerprint density at radius 1 is 0.369 bits per heavy atom. The van der Waals surface area contributed by atoms with Crippen molar-refractivity contribution in [2.75, 3.05) is 6.61 Å². The van der Waals surface area contributed by atoms with E-state index in [4.69, 9.17) is 0 Å². The van der Waals surface area contributed by atoms with Crippen molar-refractivity contribution in [1.29, 1.82) is 0 Å². The van der Waals surface area contributed by atoms with E-state index in [1.54, 1.807) is 6.08 Å². The van der Waals surface area contributed by atoms with Gasteiger partial charge < -0.3 is 15.5 Å². The summed E-state index contributed by atoms with van der Waals surface area (Å²) in [5.74, 6) is -0.0593. The maximum absolute atomic E-state index is 12.5. The molecule has 0 aliphatic heterocycles. The van der Waals surface area contributed by atoms with Crippen LogP contribution in [0.5, 0.6) is 0 Å². The number of nitrogens with one attached hydrogen (secondary N) is 1. The van der Waals surface area contributed by atoms with Gasteiger partial charge in [0.1, 0.15) is 0 Å². The van der Waals surface area contributed by atoms with Crippen molar-refractivity contribution in [2.45, 2.75) is 328 Å². The molecule has 0 aliphatic rings.